The van der Waals surface area contributed by atoms with Gasteiger partial charge in [0, 0.05) is 20.1 Å². The summed E-state index contributed by atoms with van der Waals surface area (Å²) >= 11 is 0. The Labute approximate surface area is 123 Å². The highest BCUT2D eigenvalue weighted by atomic mass is 19.4. The molecule has 6 heteroatoms. The number of carbonyl (C=O) groups excluding carboxylic acids is 1. The van der Waals surface area contributed by atoms with Crippen LogP contribution in [0.15, 0.2) is 24.3 Å². The van der Waals surface area contributed by atoms with Crippen molar-refractivity contribution in [1.82, 2.24) is 10.2 Å². The van der Waals surface area contributed by atoms with E-state index >= 15 is 0 Å². The molecule has 0 saturated heterocycles. The molecule has 0 aliphatic heterocycles. The van der Waals surface area contributed by atoms with E-state index in [9.17, 15) is 18.0 Å². The SMILES string of the molecule is CCC(C(=O)N(C)CCNC)c1cccc(C(F)(F)F)c1. The van der Waals surface area contributed by atoms with Crippen molar-refractivity contribution in [3.8, 4) is 0 Å². The van der Waals surface area contributed by atoms with E-state index < -0.39 is 17.7 Å². The maximum absolute atomic E-state index is 12.8. The largest absolute Gasteiger partial charge is 0.416 e. The van der Waals surface area contributed by atoms with Crippen molar-refractivity contribution in [1.29, 1.82) is 0 Å². The molecule has 1 amide bonds. The summed E-state index contributed by atoms with van der Waals surface area (Å²) in [5, 5.41) is 2.94. The molecule has 1 unspecified atom stereocenters. The number of halogens is 3. The summed E-state index contributed by atoms with van der Waals surface area (Å²) in [6.07, 6.45) is -3.93. The molecule has 0 saturated carbocycles. The fraction of sp³-hybridized carbons (Fsp3) is 0.533. The summed E-state index contributed by atoms with van der Waals surface area (Å²) in [5.41, 5.74) is -0.308. The maximum atomic E-state index is 12.8. The van der Waals surface area contributed by atoms with Gasteiger partial charge in [0.15, 0.2) is 0 Å². The zero-order chi connectivity index (χ0) is 16.0. The lowest BCUT2D eigenvalue weighted by Crippen LogP contribution is -2.36. The molecule has 1 atom stereocenters. The molecule has 0 fully saturated rings. The Balaban J connectivity index is 2.97. The van der Waals surface area contributed by atoms with E-state index in [1.807, 2.05) is 0 Å². The number of hydrogen-bond donors (Lipinski definition) is 1. The molecule has 0 aliphatic rings. The number of nitrogens with one attached hydrogen (secondary N) is 1. The Bertz CT molecular complexity index is 474. The van der Waals surface area contributed by atoms with E-state index in [1.165, 1.54) is 6.07 Å². The third-order valence-electron chi connectivity index (χ3n) is 3.40. The van der Waals surface area contributed by atoms with Crippen molar-refractivity contribution >= 4 is 5.91 Å². The lowest BCUT2D eigenvalue weighted by atomic mass is 9.93. The van der Waals surface area contributed by atoms with Crippen LogP contribution >= 0.6 is 0 Å². The van der Waals surface area contributed by atoms with Crippen LogP contribution in [0.3, 0.4) is 0 Å². The molecule has 0 radical (unpaired) electrons. The first-order valence-corrected chi connectivity index (χ1v) is 6.88. The second-order valence-corrected chi connectivity index (χ2v) is 4.95. The molecule has 1 N–H and O–H groups in total. The van der Waals surface area contributed by atoms with E-state index in [4.69, 9.17) is 0 Å². The maximum Gasteiger partial charge on any atom is 0.416 e. The fourth-order valence-electron chi connectivity index (χ4n) is 2.14. The number of amides is 1. The fourth-order valence-corrected chi connectivity index (χ4v) is 2.14. The average molecular weight is 302 g/mol. The molecule has 0 aromatic heterocycles. The number of benzene rings is 1. The topological polar surface area (TPSA) is 32.3 Å². The Morgan fingerprint density at radius 3 is 2.57 bits per heavy atom. The van der Waals surface area contributed by atoms with Crippen LogP contribution < -0.4 is 5.32 Å². The first-order chi connectivity index (χ1) is 9.81. The van der Waals surface area contributed by atoms with E-state index in [0.717, 1.165) is 12.1 Å². The highest BCUT2D eigenvalue weighted by Gasteiger charge is 2.32. The first-order valence-electron chi connectivity index (χ1n) is 6.88. The Hall–Kier alpha value is -1.56. The predicted molar refractivity (Wildman–Crippen MR) is 76.0 cm³/mol. The van der Waals surface area contributed by atoms with Gasteiger partial charge in [0.25, 0.3) is 0 Å². The number of likely N-dealkylation sites (N-methyl/N-ethyl adjacent to an activating group) is 2. The summed E-state index contributed by atoms with van der Waals surface area (Å²) in [6.45, 7) is 2.96. The number of carbonyl (C=O) groups is 1. The van der Waals surface area contributed by atoms with Gasteiger partial charge in [0.2, 0.25) is 5.91 Å². The second kappa shape index (κ2) is 7.45. The van der Waals surface area contributed by atoms with Crippen molar-refractivity contribution in [2.45, 2.75) is 25.4 Å². The Morgan fingerprint density at radius 2 is 2.05 bits per heavy atom. The standard InChI is InChI=1S/C15H21F3N2O/c1-4-13(14(21)20(3)9-8-19-2)11-6-5-7-12(10-11)15(16,17)18/h5-7,10,13,19H,4,8-9H2,1-3H3. The molecule has 118 valence electrons. The number of rotatable bonds is 6. The van der Waals surface area contributed by atoms with Crippen molar-refractivity contribution in [3.05, 3.63) is 35.4 Å². The first kappa shape index (κ1) is 17.5. The predicted octanol–water partition coefficient (Wildman–Crippen LogP) is 2.88. The summed E-state index contributed by atoms with van der Waals surface area (Å²) in [4.78, 5) is 13.9. The third-order valence-corrected chi connectivity index (χ3v) is 3.40. The quantitative estimate of drug-likeness (QED) is 0.876. The molecule has 21 heavy (non-hydrogen) atoms. The van der Waals surface area contributed by atoms with Gasteiger partial charge in [-0.2, -0.15) is 13.2 Å². The van der Waals surface area contributed by atoms with Gasteiger partial charge in [0.05, 0.1) is 11.5 Å². The van der Waals surface area contributed by atoms with Gasteiger partial charge in [-0.25, -0.2) is 0 Å². The van der Waals surface area contributed by atoms with Gasteiger partial charge in [-0.3, -0.25) is 4.79 Å². The molecule has 1 aromatic carbocycles. The molecule has 1 rings (SSSR count). The minimum atomic E-state index is -4.39. The van der Waals surface area contributed by atoms with E-state index in [-0.39, 0.29) is 5.91 Å². The summed E-state index contributed by atoms with van der Waals surface area (Å²) in [5.74, 6) is -0.707. The number of alkyl halides is 3. The molecule has 3 nitrogen and oxygen atoms in total. The molecular weight excluding hydrogens is 281 g/mol. The highest BCUT2D eigenvalue weighted by molar-refractivity contribution is 5.83. The smallest absolute Gasteiger partial charge is 0.344 e. The monoisotopic (exact) mass is 302 g/mol. The van der Waals surface area contributed by atoms with Gasteiger partial charge in [-0.15, -0.1) is 0 Å². The normalized spacial score (nSPS) is 13.0. The van der Waals surface area contributed by atoms with Crippen molar-refractivity contribution in [2.24, 2.45) is 0 Å². The summed E-state index contributed by atoms with van der Waals surface area (Å²) in [6, 6.07) is 5.01. The van der Waals surface area contributed by atoms with Gasteiger partial charge in [0.1, 0.15) is 0 Å². The zero-order valence-electron chi connectivity index (χ0n) is 12.5. The molecule has 1 aromatic rings. The lowest BCUT2D eigenvalue weighted by molar-refractivity contribution is -0.138. The summed E-state index contributed by atoms with van der Waals surface area (Å²) in [7, 11) is 3.44. The van der Waals surface area contributed by atoms with Crippen LogP contribution in [0.4, 0.5) is 13.2 Å². The van der Waals surface area contributed by atoms with Crippen LogP contribution in [-0.4, -0.2) is 38.0 Å². The lowest BCUT2D eigenvalue weighted by Gasteiger charge is -2.23. The van der Waals surface area contributed by atoms with Crippen molar-refractivity contribution in [3.63, 3.8) is 0 Å². The average Bonchev–Trinajstić information content (AvgIpc) is 2.44. The van der Waals surface area contributed by atoms with Gasteiger partial charge in [-0.1, -0.05) is 25.1 Å². The van der Waals surface area contributed by atoms with Gasteiger partial charge >= 0.3 is 6.18 Å². The summed E-state index contributed by atoms with van der Waals surface area (Å²) < 4.78 is 38.3. The second-order valence-electron chi connectivity index (χ2n) is 4.95. The van der Waals surface area contributed by atoms with E-state index in [0.29, 0.717) is 25.1 Å². The minimum absolute atomic E-state index is 0.160. The van der Waals surface area contributed by atoms with Crippen LogP contribution in [0.5, 0.6) is 0 Å². The van der Waals surface area contributed by atoms with Crippen LogP contribution in [0.2, 0.25) is 0 Å². The van der Waals surface area contributed by atoms with Crippen LogP contribution in [0, 0.1) is 0 Å². The highest BCUT2D eigenvalue weighted by Crippen LogP contribution is 2.32. The minimum Gasteiger partial charge on any atom is -0.344 e. The van der Waals surface area contributed by atoms with E-state index in [2.05, 4.69) is 5.32 Å². The van der Waals surface area contributed by atoms with Crippen molar-refractivity contribution < 1.29 is 18.0 Å². The molecule has 0 heterocycles. The van der Waals surface area contributed by atoms with Gasteiger partial charge in [-0.05, 0) is 25.1 Å². The van der Waals surface area contributed by atoms with Crippen LogP contribution in [0.25, 0.3) is 0 Å². The molecule has 0 spiro atoms. The third kappa shape index (κ3) is 4.74. The van der Waals surface area contributed by atoms with E-state index in [1.54, 1.807) is 32.0 Å². The van der Waals surface area contributed by atoms with Crippen LogP contribution in [-0.2, 0) is 11.0 Å². The Kier molecular flexibility index (Phi) is 6.20. The molecule has 0 bridgehead atoms. The molecule has 0 aliphatic carbocycles. The van der Waals surface area contributed by atoms with Gasteiger partial charge < -0.3 is 10.2 Å². The molecular formula is C15H21F3N2O. The van der Waals surface area contributed by atoms with Crippen LogP contribution in [0.1, 0.15) is 30.4 Å². The Morgan fingerprint density at radius 1 is 1.38 bits per heavy atom. The number of hydrogen-bond acceptors (Lipinski definition) is 2. The number of nitrogens with zero attached hydrogens (tertiary/aromatic N) is 1. The zero-order valence-corrected chi connectivity index (χ0v) is 12.5. The van der Waals surface area contributed by atoms with Crippen molar-refractivity contribution in [2.75, 3.05) is 27.2 Å².